The molecule has 1 N–H and O–H groups in total. The lowest BCUT2D eigenvalue weighted by Crippen LogP contribution is -2.44. The van der Waals surface area contributed by atoms with Gasteiger partial charge < -0.3 is 10.1 Å². The van der Waals surface area contributed by atoms with E-state index >= 15 is 0 Å². The van der Waals surface area contributed by atoms with Crippen LogP contribution in [0.3, 0.4) is 0 Å². The second-order valence-corrected chi connectivity index (χ2v) is 6.99. The first-order valence-corrected chi connectivity index (χ1v) is 8.98. The zero-order chi connectivity index (χ0) is 16.8. The van der Waals surface area contributed by atoms with Gasteiger partial charge >= 0.3 is 0 Å². The summed E-state index contributed by atoms with van der Waals surface area (Å²) in [6, 6.07) is 18.1. The van der Waals surface area contributed by atoms with Crippen LogP contribution in [0, 0.1) is 0 Å². The lowest BCUT2D eigenvalue weighted by molar-refractivity contribution is -0.119. The fraction of sp³-hybridized carbons (Fsp3) is 0.316. The third kappa shape index (κ3) is 4.84. The molecule has 5 heteroatoms. The molecule has 24 heavy (non-hydrogen) atoms. The average Bonchev–Trinajstić information content (AvgIpc) is 2.57. The number of ether oxygens (including phenoxy) is 1. The monoisotopic (exact) mass is 342 g/mol. The minimum absolute atomic E-state index is 0.0187. The van der Waals surface area contributed by atoms with Gasteiger partial charge in [-0.05, 0) is 31.2 Å². The molecular weight excluding hydrogens is 320 g/mol. The molecule has 2 aromatic carbocycles. The number of nitrogens with zero attached hydrogens (tertiary/aromatic N) is 1. The molecule has 0 aromatic heterocycles. The standard InChI is InChI=1S/C19H22N2O2S/c1-15-13-21(11-12-23-15)14-19(22)20-17-9-5-6-10-18(17)24-16-7-3-2-4-8-16/h2-10,15H,11-14H2,1H3,(H,20,22). The van der Waals surface area contributed by atoms with Gasteiger partial charge in [-0.25, -0.2) is 0 Å². The number of hydrogen-bond acceptors (Lipinski definition) is 4. The maximum Gasteiger partial charge on any atom is 0.238 e. The first-order valence-electron chi connectivity index (χ1n) is 8.16. The topological polar surface area (TPSA) is 41.6 Å². The fourth-order valence-corrected chi connectivity index (χ4v) is 3.62. The Hall–Kier alpha value is -1.82. The normalized spacial score (nSPS) is 18.3. The Labute approximate surface area is 147 Å². The van der Waals surface area contributed by atoms with Crippen molar-refractivity contribution in [1.29, 1.82) is 0 Å². The first-order chi connectivity index (χ1) is 11.7. The molecule has 0 radical (unpaired) electrons. The summed E-state index contributed by atoms with van der Waals surface area (Å²) in [5.41, 5.74) is 0.859. The van der Waals surface area contributed by atoms with Gasteiger partial charge in [0.15, 0.2) is 0 Å². The SMILES string of the molecule is CC1CN(CC(=O)Nc2ccccc2Sc2ccccc2)CCO1. The van der Waals surface area contributed by atoms with Gasteiger partial charge in [-0.15, -0.1) is 0 Å². The molecule has 0 saturated carbocycles. The van der Waals surface area contributed by atoms with Crippen LogP contribution in [0.25, 0.3) is 0 Å². The van der Waals surface area contributed by atoms with Crippen molar-refractivity contribution in [1.82, 2.24) is 4.90 Å². The number of anilines is 1. The largest absolute Gasteiger partial charge is 0.376 e. The van der Waals surface area contributed by atoms with Crippen LogP contribution >= 0.6 is 11.8 Å². The Balaban J connectivity index is 1.63. The van der Waals surface area contributed by atoms with Crippen LogP contribution in [-0.4, -0.2) is 43.2 Å². The number of amides is 1. The molecule has 1 aliphatic rings. The minimum Gasteiger partial charge on any atom is -0.376 e. The number of rotatable bonds is 5. The van der Waals surface area contributed by atoms with E-state index in [4.69, 9.17) is 4.74 Å². The van der Waals surface area contributed by atoms with E-state index in [1.54, 1.807) is 11.8 Å². The molecule has 1 fully saturated rings. The van der Waals surface area contributed by atoms with Gasteiger partial charge in [0.2, 0.25) is 5.91 Å². The Bertz CT molecular complexity index is 678. The Morgan fingerprint density at radius 2 is 1.96 bits per heavy atom. The molecule has 0 aliphatic carbocycles. The summed E-state index contributed by atoms with van der Waals surface area (Å²) in [5, 5.41) is 3.05. The summed E-state index contributed by atoms with van der Waals surface area (Å²) in [5.74, 6) is 0.0187. The van der Waals surface area contributed by atoms with Crippen LogP contribution in [0.4, 0.5) is 5.69 Å². The van der Waals surface area contributed by atoms with E-state index in [2.05, 4.69) is 22.3 Å². The second kappa shape index (κ2) is 8.33. The van der Waals surface area contributed by atoms with Crippen molar-refractivity contribution in [2.75, 3.05) is 31.6 Å². The summed E-state index contributed by atoms with van der Waals surface area (Å²) < 4.78 is 5.52. The van der Waals surface area contributed by atoms with Crippen LogP contribution in [0.15, 0.2) is 64.4 Å². The van der Waals surface area contributed by atoms with Gasteiger partial charge in [0.25, 0.3) is 0 Å². The predicted octanol–water partition coefficient (Wildman–Crippen LogP) is 3.50. The molecule has 1 unspecified atom stereocenters. The number of carbonyl (C=O) groups excluding carboxylic acids is 1. The Kier molecular flexibility index (Phi) is 5.91. The molecule has 126 valence electrons. The summed E-state index contributed by atoms with van der Waals surface area (Å²) in [6.07, 6.45) is 0.187. The molecule has 1 heterocycles. The number of nitrogens with one attached hydrogen (secondary N) is 1. The number of morpholine rings is 1. The third-order valence-electron chi connectivity index (χ3n) is 3.82. The molecule has 1 saturated heterocycles. The zero-order valence-electron chi connectivity index (χ0n) is 13.8. The van der Waals surface area contributed by atoms with Crippen molar-refractivity contribution < 1.29 is 9.53 Å². The van der Waals surface area contributed by atoms with Gasteiger partial charge in [0.1, 0.15) is 0 Å². The van der Waals surface area contributed by atoms with Crippen LogP contribution < -0.4 is 5.32 Å². The lowest BCUT2D eigenvalue weighted by Gasteiger charge is -2.30. The van der Waals surface area contributed by atoms with E-state index in [1.807, 2.05) is 49.4 Å². The van der Waals surface area contributed by atoms with Gasteiger partial charge in [-0.1, -0.05) is 42.1 Å². The van der Waals surface area contributed by atoms with Gasteiger partial charge in [-0.2, -0.15) is 0 Å². The van der Waals surface area contributed by atoms with E-state index in [1.165, 1.54) is 0 Å². The highest BCUT2D eigenvalue weighted by Gasteiger charge is 2.19. The number of hydrogen-bond donors (Lipinski definition) is 1. The molecule has 1 atom stereocenters. The number of benzene rings is 2. The van der Waals surface area contributed by atoms with E-state index in [0.29, 0.717) is 13.2 Å². The number of para-hydroxylation sites is 1. The summed E-state index contributed by atoms with van der Waals surface area (Å²) in [6.45, 7) is 4.73. The maximum atomic E-state index is 12.4. The van der Waals surface area contributed by atoms with Gasteiger partial charge in [-0.3, -0.25) is 9.69 Å². The Morgan fingerprint density at radius 3 is 2.75 bits per heavy atom. The summed E-state index contributed by atoms with van der Waals surface area (Å²) in [4.78, 5) is 16.7. The zero-order valence-corrected chi connectivity index (χ0v) is 14.6. The molecule has 4 nitrogen and oxygen atoms in total. The third-order valence-corrected chi connectivity index (χ3v) is 4.91. The molecule has 1 aliphatic heterocycles. The van der Waals surface area contributed by atoms with Crippen molar-refractivity contribution >= 4 is 23.4 Å². The van der Waals surface area contributed by atoms with Crippen LogP contribution in [0.2, 0.25) is 0 Å². The summed E-state index contributed by atoms with van der Waals surface area (Å²) in [7, 11) is 0. The molecule has 0 spiro atoms. The first kappa shape index (κ1) is 17.0. The molecule has 2 aromatic rings. The van der Waals surface area contributed by atoms with Crippen molar-refractivity contribution in [2.24, 2.45) is 0 Å². The minimum atomic E-state index is 0.0187. The van der Waals surface area contributed by atoms with Crippen LogP contribution in [0.1, 0.15) is 6.92 Å². The lowest BCUT2D eigenvalue weighted by atomic mass is 10.3. The van der Waals surface area contributed by atoms with E-state index < -0.39 is 0 Å². The number of carbonyl (C=O) groups is 1. The van der Waals surface area contributed by atoms with Crippen molar-refractivity contribution in [2.45, 2.75) is 22.8 Å². The van der Waals surface area contributed by atoms with Crippen molar-refractivity contribution in [3.8, 4) is 0 Å². The van der Waals surface area contributed by atoms with E-state index in [0.717, 1.165) is 28.6 Å². The highest BCUT2D eigenvalue weighted by atomic mass is 32.2. The van der Waals surface area contributed by atoms with E-state index in [-0.39, 0.29) is 12.0 Å². The molecule has 3 rings (SSSR count). The van der Waals surface area contributed by atoms with Crippen LogP contribution in [-0.2, 0) is 9.53 Å². The quantitative estimate of drug-likeness (QED) is 0.903. The molecular formula is C19H22N2O2S. The van der Waals surface area contributed by atoms with E-state index in [9.17, 15) is 4.79 Å². The Morgan fingerprint density at radius 1 is 1.21 bits per heavy atom. The predicted molar refractivity (Wildman–Crippen MR) is 97.5 cm³/mol. The van der Waals surface area contributed by atoms with Gasteiger partial charge in [0, 0.05) is 22.9 Å². The summed E-state index contributed by atoms with van der Waals surface area (Å²) >= 11 is 1.65. The molecule has 1 amide bonds. The van der Waals surface area contributed by atoms with Crippen molar-refractivity contribution in [3.63, 3.8) is 0 Å². The van der Waals surface area contributed by atoms with Crippen LogP contribution in [0.5, 0.6) is 0 Å². The highest BCUT2D eigenvalue weighted by Crippen LogP contribution is 2.33. The second-order valence-electron chi connectivity index (χ2n) is 5.88. The average molecular weight is 342 g/mol. The van der Waals surface area contributed by atoms with Crippen molar-refractivity contribution in [3.05, 3.63) is 54.6 Å². The highest BCUT2D eigenvalue weighted by molar-refractivity contribution is 7.99. The maximum absolute atomic E-state index is 12.4. The smallest absolute Gasteiger partial charge is 0.238 e. The molecule has 0 bridgehead atoms. The fourth-order valence-electron chi connectivity index (χ4n) is 2.70. The van der Waals surface area contributed by atoms with Gasteiger partial charge in [0.05, 0.1) is 24.9 Å².